The minimum atomic E-state index is -0.234. The van der Waals surface area contributed by atoms with E-state index in [1.165, 1.54) is 0 Å². The van der Waals surface area contributed by atoms with E-state index >= 15 is 0 Å². The van der Waals surface area contributed by atoms with Crippen molar-refractivity contribution in [1.82, 2.24) is 15.1 Å². The third kappa shape index (κ3) is 5.37. The maximum Gasteiger partial charge on any atom is 0.286 e. The smallest absolute Gasteiger partial charge is 0.286 e. The number of carbonyl (C=O) groups excluding carboxylic acids is 1. The van der Waals surface area contributed by atoms with E-state index in [0.29, 0.717) is 18.1 Å². The van der Waals surface area contributed by atoms with Gasteiger partial charge in [-0.25, -0.2) is 0 Å². The number of aryl methyl sites for hydroxylation is 2. The third-order valence-electron chi connectivity index (χ3n) is 3.95. The van der Waals surface area contributed by atoms with Crippen LogP contribution in [0.5, 0.6) is 11.5 Å². The molecule has 0 aliphatic heterocycles. The van der Waals surface area contributed by atoms with Gasteiger partial charge in [-0.05, 0) is 55.8 Å². The fourth-order valence-electron chi connectivity index (χ4n) is 2.52. The van der Waals surface area contributed by atoms with Crippen LogP contribution in [-0.2, 0) is 13.2 Å². The van der Waals surface area contributed by atoms with Gasteiger partial charge < -0.3 is 19.2 Å². The Balaban J connectivity index is 1.41. The number of benzene rings is 1. The fourth-order valence-corrected chi connectivity index (χ4v) is 2.52. The monoisotopic (exact) mass is 369 g/mol. The second kappa shape index (κ2) is 8.93. The Labute approximate surface area is 157 Å². The van der Waals surface area contributed by atoms with Crippen LogP contribution in [-0.4, -0.2) is 29.3 Å². The number of carbonyl (C=O) groups is 1. The number of hydrogen-bond donors (Lipinski definition) is 1. The molecule has 0 aliphatic rings. The maximum absolute atomic E-state index is 12.1. The summed E-state index contributed by atoms with van der Waals surface area (Å²) >= 11 is 0. The molecule has 0 saturated carbocycles. The first kappa shape index (κ1) is 18.6. The van der Waals surface area contributed by atoms with E-state index in [1.807, 2.05) is 48.1 Å². The first-order valence-electron chi connectivity index (χ1n) is 8.78. The van der Waals surface area contributed by atoms with Crippen molar-refractivity contribution in [2.75, 3.05) is 13.7 Å². The van der Waals surface area contributed by atoms with Crippen LogP contribution in [0.1, 0.15) is 28.4 Å². The number of hydrogen-bond acceptors (Lipinski definition) is 5. The van der Waals surface area contributed by atoms with E-state index < -0.39 is 0 Å². The van der Waals surface area contributed by atoms with Gasteiger partial charge in [-0.2, -0.15) is 5.10 Å². The highest BCUT2D eigenvalue weighted by Crippen LogP contribution is 2.18. The summed E-state index contributed by atoms with van der Waals surface area (Å²) in [7, 11) is 1.61. The van der Waals surface area contributed by atoms with Gasteiger partial charge in [0.05, 0.1) is 12.8 Å². The van der Waals surface area contributed by atoms with Crippen molar-refractivity contribution in [1.29, 1.82) is 0 Å². The maximum atomic E-state index is 12.1. The molecule has 1 aromatic carbocycles. The Hall–Kier alpha value is -3.22. The normalized spacial score (nSPS) is 10.6. The molecule has 3 aromatic rings. The number of furan rings is 1. The summed E-state index contributed by atoms with van der Waals surface area (Å²) in [6.07, 6.45) is 2.72. The van der Waals surface area contributed by atoms with Crippen molar-refractivity contribution < 1.29 is 18.7 Å². The summed E-state index contributed by atoms with van der Waals surface area (Å²) < 4.78 is 18.2. The second-order valence-corrected chi connectivity index (χ2v) is 6.06. The molecule has 3 rings (SSSR count). The minimum Gasteiger partial charge on any atom is -0.497 e. The Morgan fingerprint density at radius 1 is 1.15 bits per heavy atom. The molecule has 1 N–H and O–H groups in total. The Kier molecular flexibility index (Phi) is 6.14. The van der Waals surface area contributed by atoms with Crippen molar-refractivity contribution in [3.05, 3.63) is 65.9 Å². The van der Waals surface area contributed by atoms with Crippen molar-refractivity contribution in [2.45, 2.75) is 26.5 Å². The molecule has 0 bridgehead atoms. The lowest BCUT2D eigenvalue weighted by molar-refractivity contribution is 0.0920. The van der Waals surface area contributed by atoms with Crippen LogP contribution in [0, 0.1) is 6.92 Å². The van der Waals surface area contributed by atoms with Crippen LogP contribution in [0.15, 0.2) is 53.1 Å². The number of ether oxygens (including phenoxy) is 2. The largest absolute Gasteiger partial charge is 0.497 e. The first-order chi connectivity index (χ1) is 13.1. The van der Waals surface area contributed by atoms with E-state index in [2.05, 4.69) is 10.4 Å². The summed E-state index contributed by atoms with van der Waals surface area (Å²) in [6.45, 7) is 3.51. The highest BCUT2D eigenvalue weighted by Gasteiger charge is 2.11. The fraction of sp³-hybridized carbons (Fsp3) is 0.300. The molecule has 0 atom stereocenters. The van der Waals surface area contributed by atoms with Gasteiger partial charge in [0.25, 0.3) is 5.91 Å². The number of amides is 1. The topological polar surface area (TPSA) is 78.5 Å². The number of nitrogens with one attached hydrogen (secondary N) is 1. The van der Waals surface area contributed by atoms with Crippen LogP contribution < -0.4 is 14.8 Å². The third-order valence-corrected chi connectivity index (χ3v) is 3.95. The van der Waals surface area contributed by atoms with Gasteiger partial charge in [-0.3, -0.25) is 9.48 Å². The lowest BCUT2D eigenvalue weighted by atomic mass is 10.3. The van der Waals surface area contributed by atoms with Gasteiger partial charge in [0.2, 0.25) is 0 Å². The van der Waals surface area contributed by atoms with Crippen molar-refractivity contribution in [3.8, 4) is 11.5 Å². The molecule has 0 unspecified atom stereocenters. The summed E-state index contributed by atoms with van der Waals surface area (Å²) in [6, 6.07) is 12.6. The van der Waals surface area contributed by atoms with Gasteiger partial charge in [0.15, 0.2) is 5.76 Å². The van der Waals surface area contributed by atoms with Crippen LogP contribution in [0.3, 0.4) is 0 Å². The molecule has 0 spiro atoms. The Morgan fingerprint density at radius 3 is 2.63 bits per heavy atom. The first-order valence-corrected chi connectivity index (χ1v) is 8.78. The van der Waals surface area contributed by atoms with Gasteiger partial charge in [-0.1, -0.05) is 0 Å². The summed E-state index contributed by atoms with van der Waals surface area (Å²) in [4.78, 5) is 12.1. The molecule has 2 aromatic heterocycles. The molecule has 7 nitrogen and oxygen atoms in total. The van der Waals surface area contributed by atoms with Gasteiger partial charge in [0.1, 0.15) is 23.9 Å². The SMILES string of the molecule is COc1ccc(OCc2ccc(C(=O)NCCCn3ccc(C)n3)o2)cc1. The van der Waals surface area contributed by atoms with Crippen LogP contribution in [0.4, 0.5) is 0 Å². The lowest BCUT2D eigenvalue weighted by Crippen LogP contribution is -2.24. The molecule has 0 radical (unpaired) electrons. The van der Waals surface area contributed by atoms with E-state index in [9.17, 15) is 4.79 Å². The van der Waals surface area contributed by atoms with Gasteiger partial charge in [-0.15, -0.1) is 0 Å². The minimum absolute atomic E-state index is 0.234. The zero-order valence-electron chi connectivity index (χ0n) is 15.5. The average Bonchev–Trinajstić information content (AvgIpc) is 3.33. The molecule has 27 heavy (non-hydrogen) atoms. The van der Waals surface area contributed by atoms with Crippen LogP contribution >= 0.6 is 0 Å². The van der Waals surface area contributed by atoms with Crippen molar-refractivity contribution in [2.24, 2.45) is 0 Å². The molecule has 1 amide bonds. The van der Waals surface area contributed by atoms with Crippen LogP contribution in [0.25, 0.3) is 0 Å². The zero-order valence-corrected chi connectivity index (χ0v) is 15.5. The van der Waals surface area contributed by atoms with E-state index in [1.54, 1.807) is 19.2 Å². The molecule has 0 aliphatic carbocycles. The van der Waals surface area contributed by atoms with Crippen molar-refractivity contribution in [3.63, 3.8) is 0 Å². The predicted octanol–water partition coefficient (Wildman–Crippen LogP) is 3.19. The molecule has 142 valence electrons. The van der Waals surface area contributed by atoms with Crippen LogP contribution in [0.2, 0.25) is 0 Å². The molecule has 0 saturated heterocycles. The molecule has 7 heteroatoms. The number of methoxy groups -OCH3 is 1. The van der Waals surface area contributed by atoms with E-state index in [4.69, 9.17) is 13.9 Å². The summed E-state index contributed by atoms with van der Waals surface area (Å²) in [5, 5.41) is 7.16. The Morgan fingerprint density at radius 2 is 1.93 bits per heavy atom. The molecular formula is C20H23N3O4. The quantitative estimate of drug-likeness (QED) is 0.586. The van der Waals surface area contributed by atoms with Gasteiger partial charge >= 0.3 is 0 Å². The molecular weight excluding hydrogens is 346 g/mol. The zero-order chi connectivity index (χ0) is 19.1. The molecule has 2 heterocycles. The average molecular weight is 369 g/mol. The molecule has 0 fully saturated rings. The summed E-state index contributed by atoms with van der Waals surface area (Å²) in [5.74, 6) is 2.10. The predicted molar refractivity (Wildman–Crippen MR) is 99.9 cm³/mol. The van der Waals surface area contributed by atoms with E-state index in [0.717, 1.165) is 24.4 Å². The standard InChI is InChI=1S/C20H23N3O4/c1-15-10-13-23(22-15)12-3-11-21-20(24)19-9-8-18(27-19)14-26-17-6-4-16(25-2)5-7-17/h4-10,13H,3,11-12,14H2,1-2H3,(H,21,24). The number of aromatic nitrogens is 2. The highest BCUT2D eigenvalue weighted by atomic mass is 16.5. The highest BCUT2D eigenvalue weighted by molar-refractivity contribution is 5.91. The number of rotatable bonds is 9. The number of nitrogens with zero attached hydrogens (tertiary/aromatic N) is 2. The van der Waals surface area contributed by atoms with Crippen molar-refractivity contribution >= 4 is 5.91 Å². The Bertz CT molecular complexity index is 867. The van der Waals surface area contributed by atoms with Gasteiger partial charge in [0, 0.05) is 19.3 Å². The second-order valence-electron chi connectivity index (χ2n) is 6.06. The lowest BCUT2D eigenvalue weighted by Gasteiger charge is -2.05. The van der Waals surface area contributed by atoms with E-state index in [-0.39, 0.29) is 18.3 Å². The summed E-state index contributed by atoms with van der Waals surface area (Å²) in [5.41, 5.74) is 0.985.